The topological polar surface area (TPSA) is 108 Å². The monoisotopic (exact) mass is 302 g/mol. The Hall–Kier alpha value is -2.90. The Morgan fingerprint density at radius 3 is 3.05 bits per heavy atom. The third kappa shape index (κ3) is 3.05. The molecule has 22 heavy (non-hydrogen) atoms. The molecule has 2 aromatic rings. The standard InChI is InChI=1S/C14H14N4O4/c19-11-6-9(7-12(20)16-11)14(21)18-5-3-10(8-18)22-13-2-1-4-15-17-13/h1-2,4,6-7,10H,3,5,8H2,(H2,16,19,20). The van der Waals surface area contributed by atoms with Gasteiger partial charge in [0.1, 0.15) is 6.10 Å². The quantitative estimate of drug-likeness (QED) is 0.836. The molecule has 0 bridgehead atoms. The zero-order valence-electron chi connectivity index (χ0n) is 11.6. The Kier molecular flexibility index (Phi) is 3.73. The summed E-state index contributed by atoms with van der Waals surface area (Å²) in [4.78, 5) is 27.4. The molecule has 0 spiro atoms. The van der Waals surface area contributed by atoms with E-state index in [9.17, 15) is 14.7 Å². The second-order valence-electron chi connectivity index (χ2n) is 4.96. The minimum absolute atomic E-state index is 0.154. The van der Waals surface area contributed by atoms with Crippen molar-refractivity contribution in [1.82, 2.24) is 20.1 Å². The molecule has 114 valence electrons. The maximum Gasteiger partial charge on any atom is 0.254 e. The highest BCUT2D eigenvalue weighted by molar-refractivity contribution is 5.94. The van der Waals surface area contributed by atoms with Crippen LogP contribution in [0.2, 0.25) is 0 Å². The molecule has 8 nitrogen and oxygen atoms in total. The van der Waals surface area contributed by atoms with Crippen molar-refractivity contribution in [3.8, 4) is 11.8 Å². The number of ether oxygens (including phenoxy) is 1. The fourth-order valence-electron chi connectivity index (χ4n) is 2.36. The van der Waals surface area contributed by atoms with E-state index in [1.54, 1.807) is 23.2 Å². The largest absolute Gasteiger partial charge is 0.494 e. The third-order valence-corrected chi connectivity index (χ3v) is 3.34. The van der Waals surface area contributed by atoms with Gasteiger partial charge in [0.2, 0.25) is 5.88 Å². The molecule has 2 N–H and O–H groups in total. The molecule has 1 atom stereocenters. The number of carbonyl (C=O) groups excluding carboxylic acids is 1. The van der Waals surface area contributed by atoms with Gasteiger partial charge in [-0.15, -0.1) is 5.10 Å². The normalized spacial score (nSPS) is 17.5. The van der Waals surface area contributed by atoms with Crippen LogP contribution in [0.25, 0.3) is 0 Å². The lowest BCUT2D eigenvalue weighted by Gasteiger charge is -2.16. The number of aromatic amines is 1. The second-order valence-corrected chi connectivity index (χ2v) is 4.96. The van der Waals surface area contributed by atoms with Crippen LogP contribution < -0.4 is 10.3 Å². The number of likely N-dealkylation sites (tertiary alicyclic amines) is 1. The van der Waals surface area contributed by atoms with Gasteiger partial charge in [0, 0.05) is 37.4 Å². The van der Waals surface area contributed by atoms with Crippen LogP contribution in [0.3, 0.4) is 0 Å². The maximum atomic E-state index is 12.3. The number of nitrogens with one attached hydrogen (secondary N) is 1. The molecule has 1 fully saturated rings. The Morgan fingerprint density at radius 1 is 1.45 bits per heavy atom. The number of rotatable bonds is 3. The summed E-state index contributed by atoms with van der Waals surface area (Å²) < 4.78 is 5.65. The summed E-state index contributed by atoms with van der Waals surface area (Å²) in [5.74, 6) is -0.232. The molecular weight excluding hydrogens is 288 g/mol. The number of hydrogen-bond donors (Lipinski definition) is 2. The van der Waals surface area contributed by atoms with E-state index >= 15 is 0 Å². The summed E-state index contributed by atoms with van der Waals surface area (Å²) in [5, 5.41) is 16.9. The molecule has 2 aromatic heterocycles. The predicted octanol–water partition coefficient (Wildman–Crippen LogP) is 0.164. The number of pyridine rings is 1. The van der Waals surface area contributed by atoms with E-state index in [2.05, 4.69) is 15.2 Å². The van der Waals surface area contributed by atoms with Gasteiger partial charge in [-0.3, -0.25) is 14.6 Å². The van der Waals surface area contributed by atoms with Crippen LogP contribution in [-0.2, 0) is 0 Å². The Morgan fingerprint density at radius 2 is 2.32 bits per heavy atom. The highest BCUT2D eigenvalue weighted by Gasteiger charge is 2.29. The molecule has 8 heteroatoms. The van der Waals surface area contributed by atoms with Crippen molar-refractivity contribution in [3.63, 3.8) is 0 Å². The average molecular weight is 302 g/mol. The summed E-state index contributed by atoms with van der Waals surface area (Å²) in [6.45, 7) is 0.903. The van der Waals surface area contributed by atoms with Gasteiger partial charge in [0.25, 0.3) is 11.5 Å². The minimum Gasteiger partial charge on any atom is -0.494 e. The fourth-order valence-corrected chi connectivity index (χ4v) is 2.36. The Balaban J connectivity index is 1.67. The van der Waals surface area contributed by atoms with Crippen LogP contribution in [0.4, 0.5) is 0 Å². The predicted molar refractivity (Wildman–Crippen MR) is 75.7 cm³/mol. The number of aromatic nitrogens is 3. The van der Waals surface area contributed by atoms with E-state index < -0.39 is 5.56 Å². The van der Waals surface area contributed by atoms with E-state index in [-0.39, 0.29) is 23.5 Å². The lowest BCUT2D eigenvalue weighted by atomic mass is 10.2. The number of nitrogens with zero attached hydrogens (tertiary/aromatic N) is 3. The molecule has 1 unspecified atom stereocenters. The van der Waals surface area contributed by atoms with Crippen LogP contribution in [0.15, 0.2) is 35.3 Å². The molecule has 1 aliphatic heterocycles. The molecule has 0 radical (unpaired) electrons. The van der Waals surface area contributed by atoms with E-state index in [1.807, 2.05) is 0 Å². The van der Waals surface area contributed by atoms with E-state index in [4.69, 9.17) is 4.74 Å². The Labute approximate surface area is 125 Å². The van der Waals surface area contributed by atoms with Crippen LogP contribution in [0, 0.1) is 0 Å². The molecule has 3 rings (SSSR count). The zero-order chi connectivity index (χ0) is 15.5. The zero-order valence-corrected chi connectivity index (χ0v) is 11.6. The van der Waals surface area contributed by atoms with Crippen molar-refractivity contribution in [3.05, 3.63) is 46.4 Å². The van der Waals surface area contributed by atoms with Crippen molar-refractivity contribution in [2.75, 3.05) is 13.1 Å². The molecule has 0 aliphatic carbocycles. The highest BCUT2D eigenvalue weighted by atomic mass is 16.5. The number of amides is 1. The molecule has 1 saturated heterocycles. The van der Waals surface area contributed by atoms with Gasteiger partial charge in [-0.1, -0.05) is 0 Å². The fraction of sp³-hybridized carbons (Fsp3) is 0.286. The highest BCUT2D eigenvalue weighted by Crippen LogP contribution is 2.18. The first-order valence-electron chi connectivity index (χ1n) is 6.79. The van der Waals surface area contributed by atoms with Crippen molar-refractivity contribution >= 4 is 5.91 Å². The lowest BCUT2D eigenvalue weighted by Crippen LogP contribution is -2.31. The third-order valence-electron chi connectivity index (χ3n) is 3.34. The number of hydrogen-bond acceptors (Lipinski definition) is 6. The molecule has 0 saturated carbocycles. The van der Waals surface area contributed by atoms with Crippen LogP contribution in [0.1, 0.15) is 16.8 Å². The summed E-state index contributed by atoms with van der Waals surface area (Å²) in [5.41, 5.74) is -0.365. The number of aromatic hydroxyl groups is 1. The minimum atomic E-state index is -0.519. The van der Waals surface area contributed by atoms with Crippen LogP contribution in [0.5, 0.6) is 11.8 Å². The van der Waals surface area contributed by atoms with Gasteiger partial charge in [-0.25, -0.2) is 0 Å². The van der Waals surface area contributed by atoms with Crippen molar-refractivity contribution in [1.29, 1.82) is 0 Å². The van der Waals surface area contributed by atoms with Crippen molar-refractivity contribution in [2.45, 2.75) is 12.5 Å². The molecule has 1 aliphatic rings. The molecule has 0 aromatic carbocycles. The van der Waals surface area contributed by atoms with Crippen LogP contribution >= 0.6 is 0 Å². The van der Waals surface area contributed by atoms with E-state index in [0.717, 1.165) is 0 Å². The lowest BCUT2D eigenvalue weighted by molar-refractivity contribution is 0.0770. The first kappa shape index (κ1) is 14.1. The SMILES string of the molecule is O=C(c1cc(O)[nH]c(=O)c1)N1CCC(Oc2cccnn2)C1. The van der Waals surface area contributed by atoms with Gasteiger partial charge >= 0.3 is 0 Å². The number of H-pyrrole nitrogens is 1. The Bertz CT molecular complexity index is 731. The van der Waals surface area contributed by atoms with Gasteiger partial charge in [-0.05, 0) is 6.07 Å². The summed E-state index contributed by atoms with van der Waals surface area (Å²) in [7, 11) is 0. The maximum absolute atomic E-state index is 12.3. The molecular formula is C14H14N4O4. The number of carbonyl (C=O) groups is 1. The molecule has 3 heterocycles. The summed E-state index contributed by atoms with van der Waals surface area (Å²) in [6, 6.07) is 5.82. The molecule has 1 amide bonds. The second kappa shape index (κ2) is 5.84. The summed E-state index contributed by atoms with van der Waals surface area (Å²) >= 11 is 0. The smallest absolute Gasteiger partial charge is 0.254 e. The van der Waals surface area contributed by atoms with Crippen LogP contribution in [-0.4, -0.2) is 50.3 Å². The van der Waals surface area contributed by atoms with Gasteiger partial charge in [0.15, 0.2) is 5.88 Å². The van der Waals surface area contributed by atoms with E-state index in [0.29, 0.717) is 25.4 Å². The van der Waals surface area contributed by atoms with Gasteiger partial charge in [0.05, 0.1) is 12.1 Å². The van der Waals surface area contributed by atoms with Crippen molar-refractivity contribution < 1.29 is 14.6 Å². The average Bonchev–Trinajstić information content (AvgIpc) is 2.95. The first-order valence-corrected chi connectivity index (χ1v) is 6.79. The summed E-state index contributed by atoms with van der Waals surface area (Å²) in [6.07, 6.45) is 2.05. The van der Waals surface area contributed by atoms with E-state index in [1.165, 1.54) is 12.1 Å². The van der Waals surface area contributed by atoms with Gasteiger partial charge in [-0.2, -0.15) is 5.10 Å². The van der Waals surface area contributed by atoms with Gasteiger partial charge < -0.3 is 14.7 Å². The first-order chi connectivity index (χ1) is 10.6. The van der Waals surface area contributed by atoms with Crippen molar-refractivity contribution in [2.24, 2.45) is 0 Å².